The maximum Gasteiger partial charge on any atom is 0.336 e. The third-order valence-corrected chi connectivity index (χ3v) is 3.15. The summed E-state index contributed by atoms with van der Waals surface area (Å²) >= 11 is 0. The second kappa shape index (κ2) is 5.54. The topological polar surface area (TPSA) is 66.8 Å². The molecule has 1 atom stereocenters. The molecule has 1 aliphatic heterocycles. The van der Waals surface area contributed by atoms with Crippen LogP contribution in [0.5, 0.6) is 0 Å². The highest BCUT2D eigenvalue weighted by Gasteiger charge is 2.29. The average molecular weight is 285 g/mol. The average Bonchev–Trinajstić information content (AvgIpc) is 2.41. The van der Waals surface area contributed by atoms with Crippen LogP contribution in [0, 0.1) is 11.6 Å². The van der Waals surface area contributed by atoms with Crippen molar-refractivity contribution in [2.75, 3.05) is 19.8 Å². The number of hydrogen-bond donors (Lipinski definition) is 1. The van der Waals surface area contributed by atoms with E-state index < -0.39 is 29.1 Å². The molecule has 1 aromatic carbocycles. The van der Waals surface area contributed by atoms with Crippen molar-refractivity contribution in [2.24, 2.45) is 0 Å². The lowest BCUT2D eigenvalue weighted by Crippen LogP contribution is -2.47. The largest absolute Gasteiger partial charge is 0.478 e. The molecule has 1 amide bonds. The molecule has 1 fully saturated rings. The lowest BCUT2D eigenvalue weighted by atomic mass is 10.0. The first-order chi connectivity index (χ1) is 9.41. The van der Waals surface area contributed by atoms with E-state index in [-0.39, 0.29) is 18.2 Å². The number of carboxylic acid groups (broad SMARTS) is 1. The number of benzene rings is 1. The van der Waals surface area contributed by atoms with Crippen LogP contribution in [-0.2, 0) is 4.74 Å². The number of aromatic carboxylic acids is 1. The van der Waals surface area contributed by atoms with Gasteiger partial charge in [0, 0.05) is 6.54 Å². The Morgan fingerprint density at radius 1 is 1.30 bits per heavy atom. The number of halogens is 2. The van der Waals surface area contributed by atoms with Crippen LogP contribution in [0.4, 0.5) is 8.78 Å². The Morgan fingerprint density at radius 3 is 2.45 bits per heavy atom. The molecule has 20 heavy (non-hydrogen) atoms. The molecule has 1 heterocycles. The van der Waals surface area contributed by atoms with E-state index in [0.717, 1.165) is 0 Å². The molecule has 5 nitrogen and oxygen atoms in total. The fraction of sp³-hybridized carbons (Fsp3) is 0.385. The van der Waals surface area contributed by atoms with Gasteiger partial charge in [-0.1, -0.05) is 0 Å². The first kappa shape index (κ1) is 14.4. The molecule has 2 rings (SSSR count). The second-order valence-electron chi connectivity index (χ2n) is 4.54. The molecule has 0 spiro atoms. The van der Waals surface area contributed by atoms with Crippen molar-refractivity contribution in [3.8, 4) is 0 Å². The summed E-state index contributed by atoms with van der Waals surface area (Å²) in [5, 5.41) is 9.01. The Morgan fingerprint density at radius 2 is 1.90 bits per heavy atom. The molecule has 0 saturated carbocycles. The lowest BCUT2D eigenvalue weighted by molar-refractivity contribution is 0.00343. The van der Waals surface area contributed by atoms with Crippen LogP contribution in [-0.4, -0.2) is 47.7 Å². The summed E-state index contributed by atoms with van der Waals surface area (Å²) in [4.78, 5) is 24.8. The standard InChI is InChI=1S/C13H13F2NO4/c1-7-6-20-3-2-16(7)12(17)8-4-10(14)11(15)5-9(8)13(18)19/h4-5,7H,2-3,6H2,1H3,(H,18,19)/t7-/m1/s1. The summed E-state index contributed by atoms with van der Waals surface area (Å²) in [7, 11) is 0. The predicted octanol–water partition coefficient (Wildman–Crippen LogP) is 1.52. The van der Waals surface area contributed by atoms with Crippen molar-refractivity contribution in [3.63, 3.8) is 0 Å². The minimum Gasteiger partial charge on any atom is -0.478 e. The van der Waals surface area contributed by atoms with E-state index in [0.29, 0.717) is 25.3 Å². The third kappa shape index (κ3) is 2.62. The summed E-state index contributed by atoms with van der Waals surface area (Å²) in [5.74, 6) is -4.67. The van der Waals surface area contributed by atoms with Gasteiger partial charge in [0.15, 0.2) is 11.6 Å². The summed E-state index contributed by atoms with van der Waals surface area (Å²) in [6.07, 6.45) is 0. The summed E-state index contributed by atoms with van der Waals surface area (Å²) in [6.45, 7) is 2.65. The number of carboxylic acids is 1. The van der Waals surface area contributed by atoms with Gasteiger partial charge in [0.05, 0.1) is 30.4 Å². The van der Waals surface area contributed by atoms with Gasteiger partial charge in [-0.3, -0.25) is 4.79 Å². The molecule has 108 valence electrons. The smallest absolute Gasteiger partial charge is 0.336 e. The number of carbonyl (C=O) groups is 2. The quantitative estimate of drug-likeness (QED) is 0.894. The van der Waals surface area contributed by atoms with Crippen molar-refractivity contribution < 1.29 is 28.2 Å². The normalized spacial score (nSPS) is 18.9. The van der Waals surface area contributed by atoms with Crippen LogP contribution in [0.1, 0.15) is 27.6 Å². The van der Waals surface area contributed by atoms with Crippen molar-refractivity contribution in [3.05, 3.63) is 34.9 Å². The number of amides is 1. The number of hydrogen-bond acceptors (Lipinski definition) is 3. The second-order valence-corrected chi connectivity index (χ2v) is 4.54. The number of carbonyl (C=O) groups excluding carboxylic acids is 1. The monoisotopic (exact) mass is 285 g/mol. The fourth-order valence-corrected chi connectivity index (χ4v) is 2.08. The van der Waals surface area contributed by atoms with E-state index in [2.05, 4.69) is 0 Å². The predicted molar refractivity (Wildman–Crippen MR) is 64.6 cm³/mol. The molecule has 1 aliphatic rings. The molecular formula is C13H13F2NO4. The zero-order chi connectivity index (χ0) is 14.9. The van der Waals surface area contributed by atoms with Gasteiger partial charge in [-0.2, -0.15) is 0 Å². The summed E-state index contributed by atoms with van der Waals surface area (Å²) in [5.41, 5.74) is -0.905. The molecule has 1 N–H and O–H groups in total. The van der Waals surface area contributed by atoms with Gasteiger partial charge in [-0.15, -0.1) is 0 Å². The van der Waals surface area contributed by atoms with Gasteiger partial charge in [0.2, 0.25) is 0 Å². The van der Waals surface area contributed by atoms with Crippen molar-refractivity contribution in [2.45, 2.75) is 13.0 Å². The van der Waals surface area contributed by atoms with E-state index >= 15 is 0 Å². The first-order valence-electron chi connectivity index (χ1n) is 6.03. The SMILES string of the molecule is C[C@@H]1COCCN1C(=O)c1cc(F)c(F)cc1C(=O)O. The number of ether oxygens (including phenoxy) is 1. The molecular weight excluding hydrogens is 272 g/mol. The van der Waals surface area contributed by atoms with E-state index in [1.165, 1.54) is 4.90 Å². The van der Waals surface area contributed by atoms with Crippen LogP contribution < -0.4 is 0 Å². The van der Waals surface area contributed by atoms with E-state index in [4.69, 9.17) is 9.84 Å². The molecule has 7 heteroatoms. The highest BCUT2D eigenvalue weighted by atomic mass is 19.2. The maximum absolute atomic E-state index is 13.3. The van der Waals surface area contributed by atoms with E-state index in [1.54, 1.807) is 6.92 Å². The van der Waals surface area contributed by atoms with Crippen LogP contribution in [0.2, 0.25) is 0 Å². The highest BCUT2D eigenvalue weighted by molar-refractivity contribution is 6.04. The Kier molecular flexibility index (Phi) is 3.99. The minimum absolute atomic E-state index is 0.258. The Labute approximate surface area is 113 Å². The zero-order valence-electron chi connectivity index (χ0n) is 10.7. The van der Waals surface area contributed by atoms with Gasteiger partial charge in [0.25, 0.3) is 5.91 Å². The van der Waals surface area contributed by atoms with Crippen LogP contribution in [0.15, 0.2) is 12.1 Å². The van der Waals surface area contributed by atoms with Gasteiger partial charge >= 0.3 is 5.97 Å². The third-order valence-electron chi connectivity index (χ3n) is 3.15. The van der Waals surface area contributed by atoms with E-state index in [1.807, 2.05) is 0 Å². The summed E-state index contributed by atoms with van der Waals surface area (Å²) in [6, 6.07) is 0.894. The molecule has 1 saturated heterocycles. The minimum atomic E-state index is -1.48. The van der Waals surface area contributed by atoms with Crippen molar-refractivity contribution in [1.29, 1.82) is 0 Å². The molecule has 0 bridgehead atoms. The van der Waals surface area contributed by atoms with Gasteiger partial charge in [-0.25, -0.2) is 13.6 Å². The number of rotatable bonds is 2. The van der Waals surface area contributed by atoms with Crippen molar-refractivity contribution in [1.82, 2.24) is 4.90 Å². The molecule has 0 radical (unpaired) electrons. The molecule has 0 unspecified atom stereocenters. The van der Waals surface area contributed by atoms with Crippen LogP contribution in [0.3, 0.4) is 0 Å². The van der Waals surface area contributed by atoms with Crippen LogP contribution in [0.25, 0.3) is 0 Å². The lowest BCUT2D eigenvalue weighted by Gasteiger charge is -2.33. The Bertz CT molecular complexity index is 562. The highest BCUT2D eigenvalue weighted by Crippen LogP contribution is 2.19. The van der Waals surface area contributed by atoms with E-state index in [9.17, 15) is 18.4 Å². The Hall–Kier alpha value is -2.02. The fourth-order valence-electron chi connectivity index (χ4n) is 2.08. The zero-order valence-corrected chi connectivity index (χ0v) is 10.7. The summed E-state index contributed by atoms with van der Waals surface area (Å²) < 4.78 is 31.6. The number of morpholine rings is 1. The van der Waals surface area contributed by atoms with Gasteiger partial charge in [-0.05, 0) is 19.1 Å². The first-order valence-corrected chi connectivity index (χ1v) is 6.03. The number of nitrogens with zero attached hydrogens (tertiary/aromatic N) is 1. The van der Waals surface area contributed by atoms with Gasteiger partial charge < -0.3 is 14.7 Å². The van der Waals surface area contributed by atoms with Crippen LogP contribution >= 0.6 is 0 Å². The van der Waals surface area contributed by atoms with Gasteiger partial charge in [0.1, 0.15) is 0 Å². The molecule has 1 aromatic rings. The molecule has 0 aromatic heterocycles. The maximum atomic E-state index is 13.3. The molecule has 0 aliphatic carbocycles. The van der Waals surface area contributed by atoms with Crippen molar-refractivity contribution >= 4 is 11.9 Å². The Balaban J connectivity index is 2.42.